The molecule has 8 heteroatoms. The fourth-order valence-corrected chi connectivity index (χ4v) is 4.39. The summed E-state index contributed by atoms with van der Waals surface area (Å²) in [4.78, 5) is 2.01. The van der Waals surface area contributed by atoms with Crippen LogP contribution in [-0.4, -0.2) is 31.1 Å². The van der Waals surface area contributed by atoms with Crippen LogP contribution >= 0.6 is 24.0 Å². The minimum absolute atomic E-state index is 0. The molecule has 1 N–H and O–H groups in total. The lowest BCUT2D eigenvalue weighted by atomic mass is 9.78. The predicted molar refractivity (Wildman–Crippen MR) is 97.4 cm³/mol. The van der Waals surface area contributed by atoms with E-state index in [1.54, 1.807) is 0 Å². The Hall–Kier alpha value is -0.560. The van der Waals surface area contributed by atoms with Crippen molar-refractivity contribution in [3.8, 4) is 0 Å². The van der Waals surface area contributed by atoms with Crippen LogP contribution in [0.5, 0.6) is 0 Å². The molecular weight excluding hydrogens is 391 g/mol. The highest BCUT2D eigenvalue weighted by Gasteiger charge is 2.42. The maximum atomic E-state index is 14.9. The van der Waals surface area contributed by atoms with Gasteiger partial charge in [0.1, 0.15) is 5.82 Å². The first-order valence-corrected chi connectivity index (χ1v) is 9.27. The van der Waals surface area contributed by atoms with E-state index in [9.17, 15) is 17.6 Å². The fraction of sp³-hybridized carbons (Fsp3) is 0.667. The molecule has 1 aliphatic heterocycles. The van der Waals surface area contributed by atoms with E-state index >= 15 is 0 Å². The normalized spacial score (nSPS) is 21.3. The zero-order chi connectivity index (χ0) is 18.0. The van der Waals surface area contributed by atoms with Gasteiger partial charge in [0.15, 0.2) is 0 Å². The van der Waals surface area contributed by atoms with Gasteiger partial charge in [0.25, 0.3) is 0 Å². The summed E-state index contributed by atoms with van der Waals surface area (Å²) in [7, 11) is 0. The van der Waals surface area contributed by atoms with E-state index in [0.29, 0.717) is 26.2 Å². The molecule has 2 nitrogen and oxygen atoms in total. The first-order valence-electron chi connectivity index (χ1n) is 8.89. The van der Waals surface area contributed by atoms with Gasteiger partial charge in [-0.1, -0.05) is 30.9 Å². The third kappa shape index (κ3) is 4.64. The van der Waals surface area contributed by atoms with Crippen molar-refractivity contribution in [2.24, 2.45) is 5.92 Å². The predicted octanol–water partition coefficient (Wildman–Crippen LogP) is 5.45. The second-order valence-corrected chi connectivity index (χ2v) is 7.36. The highest BCUT2D eigenvalue weighted by Crippen LogP contribution is 2.45. The Morgan fingerprint density at radius 3 is 2.27 bits per heavy atom. The topological polar surface area (TPSA) is 15.3 Å². The summed E-state index contributed by atoms with van der Waals surface area (Å²) in [5.41, 5.74) is -1.14. The van der Waals surface area contributed by atoms with E-state index in [0.717, 1.165) is 44.2 Å². The molecular formula is C18H24Cl2F4N2. The van der Waals surface area contributed by atoms with E-state index < -0.39 is 23.6 Å². The number of piperazine rings is 1. The van der Waals surface area contributed by atoms with Gasteiger partial charge in [0, 0.05) is 37.8 Å². The van der Waals surface area contributed by atoms with Crippen LogP contribution in [0.3, 0.4) is 0 Å². The number of benzene rings is 1. The Kier molecular flexibility index (Phi) is 7.60. The minimum atomic E-state index is -4.60. The van der Waals surface area contributed by atoms with Gasteiger partial charge in [0.05, 0.1) is 10.6 Å². The number of hydrogen-bond donors (Lipinski definition) is 1. The largest absolute Gasteiger partial charge is 0.416 e. The van der Waals surface area contributed by atoms with Crippen LogP contribution in [0.15, 0.2) is 12.1 Å². The Bertz CT molecular complexity index is 580. The van der Waals surface area contributed by atoms with Crippen LogP contribution in [0.2, 0.25) is 5.02 Å². The molecule has 1 atom stereocenters. The lowest BCUT2D eigenvalue weighted by Crippen LogP contribution is -2.47. The van der Waals surface area contributed by atoms with Crippen molar-refractivity contribution in [2.45, 2.75) is 44.3 Å². The van der Waals surface area contributed by atoms with Crippen molar-refractivity contribution in [3.05, 3.63) is 34.1 Å². The maximum Gasteiger partial charge on any atom is 0.416 e. The van der Waals surface area contributed by atoms with Crippen LogP contribution in [0.1, 0.15) is 49.3 Å². The van der Waals surface area contributed by atoms with Crippen molar-refractivity contribution < 1.29 is 17.6 Å². The summed E-state index contributed by atoms with van der Waals surface area (Å²) < 4.78 is 55.7. The second-order valence-electron chi connectivity index (χ2n) is 6.95. The Morgan fingerprint density at radius 2 is 1.69 bits per heavy atom. The molecule has 0 spiro atoms. The third-order valence-corrected chi connectivity index (χ3v) is 5.67. The smallest absolute Gasteiger partial charge is 0.314 e. The van der Waals surface area contributed by atoms with Crippen LogP contribution in [0, 0.1) is 11.7 Å². The van der Waals surface area contributed by atoms with Crippen molar-refractivity contribution in [2.75, 3.05) is 26.2 Å². The van der Waals surface area contributed by atoms with Crippen molar-refractivity contribution in [1.82, 2.24) is 10.2 Å². The van der Waals surface area contributed by atoms with Gasteiger partial charge >= 0.3 is 6.18 Å². The molecule has 1 aromatic carbocycles. The average molecular weight is 415 g/mol. The molecule has 1 aromatic rings. The molecule has 2 aliphatic rings. The van der Waals surface area contributed by atoms with E-state index in [1.807, 2.05) is 4.90 Å². The first-order chi connectivity index (χ1) is 11.9. The number of alkyl halides is 3. The lowest BCUT2D eigenvalue weighted by Gasteiger charge is -2.42. The van der Waals surface area contributed by atoms with Gasteiger partial charge < -0.3 is 5.32 Å². The molecule has 2 fully saturated rings. The SMILES string of the molecule is Cl.Fc1c(Cl)ccc(C(F)(F)F)c1[C@H](C1CCCCC1)N1CCNCC1. The summed E-state index contributed by atoms with van der Waals surface area (Å²) in [5.74, 6) is -0.883. The quantitative estimate of drug-likeness (QED) is 0.661. The zero-order valence-corrected chi connectivity index (χ0v) is 16.0. The van der Waals surface area contributed by atoms with Crippen LogP contribution in [0.4, 0.5) is 17.6 Å². The molecule has 0 radical (unpaired) electrons. The van der Waals surface area contributed by atoms with Gasteiger partial charge in [-0.3, -0.25) is 4.90 Å². The standard InChI is InChI=1S/C18H23ClF4N2.ClH/c19-14-7-6-13(18(21,22)23)15(16(14)20)17(12-4-2-1-3-5-12)25-10-8-24-9-11-25;/h6-7,12,17,24H,1-5,8-11H2;1H/t17-;/m0./s1. The molecule has 1 saturated carbocycles. The van der Waals surface area contributed by atoms with Crippen LogP contribution < -0.4 is 5.32 Å². The van der Waals surface area contributed by atoms with Gasteiger partial charge in [-0.2, -0.15) is 13.2 Å². The average Bonchev–Trinajstić information content (AvgIpc) is 2.60. The number of hydrogen-bond acceptors (Lipinski definition) is 2. The molecule has 3 rings (SSSR count). The highest BCUT2D eigenvalue weighted by atomic mass is 35.5. The van der Waals surface area contributed by atoms with Crippen molar-refractivity contribution in [3.63, 3.8) is 0 Å². The summed E-state index contributed by atoms with van der Waals surface area (Å²) in [5, 5.41) is 2.97. The third-order valence-electron chi connectivity index (χ3n) is 5.38. The molecule has 1 aliphatic carbocycles. The summed E-state index contributed by atoms with van der Waals surface area (Å²) in [6.45, 7) is 2.63. The zero-order valence-electron chi connectivity index (χ0n) is 14.4. The van der Waals surface area contributed by atoms with Gasteiger partial charge in [0.2, 0.25) is 0 Å². The monoisotopic (exact) mass is 414 g/mol. The van der Waals surface area contributed by atoms with Gasteiger partial charge in [-0.25, -0.2) is 4.39 Å². The van der Waals surface area contributed by atoms with E-state index in [4.69, 9.17) is 11.6 Å². The second kappa shape index (κ2) is 9.09. The Balaban J connectivity index is 0.00000243. The molecule has 0 aromatic heterocycles. The van der Waals surface area contributed by atoms with Crippen LogP contribution in [0.25, 0.3) is 0 Å². The number of rotatable bonds is 3. The molecule has 26 heavy (non-hydrogen) atoms. The molecule has 1 saturated heterocycles. The Labute approximate surface area is 162 Å². The number of nitrogens with one attached hydrogen (secondary N) is 1. The van der Waals surface area contributed by atoms with Crippen LogP contribution in [-0.2, 0) is 6.18 Å². The maximum absolute atomic E-state index is 14.9. The van der Waals surface area contributed by atoms with E-state index in [2.05, 4.69) is 5.32 Å². The minimum Gasteiger partial charge on any atom is -0.314 e. The molecule has 0 unspecified atom stereocenters. The summed E-state index contributed by atoms with van der Waals surface area (Å²) >= 11 is 5.88. The lowest BCUT2D eigenvalue weighted by molar-refractivity contribution is -0.139. The number of nitrogens with zero attached hydrogens (tertiary/aromatic N) is 1. The number of halogens is 6. The fourth-order valence-electron chi connectivity index (χ4n) is 4.23. The van der Waals surface area contributed by atoms with Gasteiger partial charge in [-0.05, 0) is 30.9 Å². The molecule has 0 amide bonds. The molecule has 148 valence electrons. The van der Waals surface area contributed by atoms with Crippen molar-refractivity contribution >= 4 is 24.0 Å². The molecule has 1 heterocycles. The van der Waals surface area contributed by atoms with E-state index in [-0.39, 0.29) is 28.9 Å². The highest BCUT2D eigenvalue weighted by molar-refractivity contribution is 6.30. The van der Waals surface area contributed by atoms with E-state index in [1.165, 1.54) is 0 Å². The van der Waals surface area contributed by atoms with Crippen molar-refractivity contribution in [1.29, 1.82) is 0 Å². The Morgan fingerprint density at radius 1 is 1.08 bits per heavy atom. The molecule has 0 bridgehead atoms. The van der Waals surface area contributed by atoms with Gasteiger partial charge in [-0.15, -0.1) is 12.4 Å². The summed E-state index contributed by atoms with van der Waals surface area (Å²) in [6.07, 6.45) is 0.125. The summed E-state index contributed by atoms with van der Waals surface area (Å²) in [6, 6.07) is 1.37. The first kappa shape index (κ1) is 21.7.